The number of hydrogen-bond donors (Lipinski definition) is 2. The van der Waals surface area contributed by atoms with Crippen LogP contribution in [0.15, 0.2) is 24.3 Å². The van der Waals surface area contributed by atoms with E-state index in [1.807, 2.05) is 0 Å². The van der Waals surface area contributed by atoms with Gasteiger partial charge in [0.2, 0.25) is 0 Å². The number of hydrogen-bond acceptors (Lipinski definition) is 4. The molecule has 0 aromatic heterocycles. The predicted molar refractivity (Wildman–Crippen MR) is 71.3 cm³/mol. The molecule has 5 nitrogen and oxygen atoms in total. The highest BCUT2D eigenvalue weighted by atomic mass is 16.5. The SMILES string of the molecule is CC(OC(=O)Cc1ccc(N)cc1)C(=O)NC1CC1. The Kier molecular flexibility index (Phi) is 4.04. The van der Waals surface area contributed by atoms with Crippen molar-refractivity contribution < 1.29 is 14.3 Å². The molecule has 1 fully saturated rings. The summed E-state index contributed by atoms with van der Waals surface area (Å²) in [6, 6.07) is 7.26. The average Bonchev–Trinajstić information content (AvgIpc) is 3.16. The Balaban J connectivity index is 1.79. The van der Waals surface area contributed by atoms with Crippen LogP contribution in [0, 0.1) is 0 Å². The van der Waals surface area contributed by atoms with E-state index in [0.717, 1.165) is 18.4 Å². The van der Waals surface area contributed by atoms with E-state index in [1.165, 1.54) is 0 Å². The molecule has 1 aromatic rings. The Morgan fingerprint density at radius 1 is 1.37 bits per heavy atom. The molecule has 0 radical (unpaired) electrons. The fraction of sp³-hybridized carbons (Fsp3) is 0.429. The molecule has 0 spiro atoms. The first kappa shape index (κ1) is 13.4. The van der Waals surface area contributed by atoms with Gasteiger partial charge in [-0.1, -0.05) is 12.1 Å². The van der Waals surface area contributed by atoms with Crippen LogP contribution in [0.3, 0.4) is 0 Å². The lowest BCUT2D eigenvalue weighted by atomic mass is 10.1. The van der Waals surface area contributed by atoms with Crippen LogP contribution in [-0.2, 0) is 20.7 Å². The van der Waals surface area contributed by atoms with Crippen molar-refractivity contribution in [1.29, 1.82) is 0 Å². The number of benzene rings is 1. The van der Waals surface area contributed by atoms with E-state index in [4.69, 9.17) is 10.5 Å². The molecular formula is C14H18N2O3. The van der Waals surface area contributed by atoms with Crippen molar-refractivity contribution in [2.75, 3.05) is 5.73 Å². The van der Waals surface area contributed by atoms with Crippen LogP contribution in [0.4, 0.5) is 5.69 Å². The average molecular weight is 262 g/mol. The minimum absolute atomic E-state index is 0.140. The van der Waals surface area contributed by atoms with Crippen LogP contribution >= 0.6 is 0 Å². The van der Waals surface area contributed by atoms with E-state index >= 15 is 0 Å². The van der Waals surface area contributed by atoms with Gasteiger partial charge in [0.1, 0.15) is 0 Å². The second-order valence-electron chi connectivity index (χ2n) is 4.83. The van der Waals surface area contributed by atoms with E-state index < -0.39 is 12.1 Å². The van der Waals surface area contributed by atoms with E-state index in [1.54, 1.807) is 31.2 Å². The van der Waals surface area contributed by atoms with E-state index in [2.05, 4.69) is 5.32 Å². The maximum atomic E-state index is 11.7. The first-order chi connectivity index (χ1) is 9.04. The van der Waals surface area contributed by atoms with Crippen molar-refractivity contribution in [3.05, 3.63) is 29.8 Å². The van der Waals surface area contributed by atoms with Gasteiger partial charge in [0, 0.05) is 11.7 Å². The number of nitrogen functional groups attached to an aromatic ring is 1. The standard InChI is InChI=1S/C14H18N2O3/c1-9(14(18)16-12-6-7-12)19-13(17)8-10-2-4-11(15)5-3-10/h2-5,9,12H,6-8,15H2,1H3,(H,16,18). The van der Waals surface area contributed by atoms with Crippen LogP contribution in [0.5, 0.6) is 0 Å². The predicted octanol–water partition coefficient (Wildman–Crippen LogP) is 1.02. The second kappa shape index (κ2) is 5.73. The first-order valence-corrected chi connectivity index (χ1v) is 6.39. The molecule has 0 heterocycles. The summed E-state index contributed by atoms with van der Waals surface area (Å²) in [7, 11) is 0. The molecule has 1 aliphatic carbocycles. The molecule has 102 valence electrons. The van der Waals surface area contributed by atoms with Gasteiger partial charge < -0.3 is 15.8 Å². The van der Waals surface area contributed by atoms with E-state index in [-0.39, 0.29) is 18.4 Å². The van der Waals surface area contributed by atoms with Crippen LogP contribution in [0.1, 0.15) is 25.3 Å². The lowest BCUT2D eigenvalue weighted by Crippen LogP contribution is -2.37. The van der Waals surface area contributed by atoms with Crippen LogP contribution < -0.4 is 11.1 Å². The number of amides is 1. The number of nitrogens with two attached hydrogens (primary N) is 1. The molecular weight excluding hydrogens is 244 g/mol. The zero-order valence-electron chi connectivity index (χ0n) is 10.9. The van der Waals surface area contributed by atoms with Gasteiger partial charge in [0.05, 0.1) is 6.42 Å². The number of ether oxygens (including phenoxy) is 1. The van der Waals surface area contributed by atoms with Crippen molar-refractivity contribution >= 4 is 17.6 Å². The maximum Gasteiger partial charge on any atom is 0.311 e. The van der Waals surface area contributed by atoms with Gasteiger partial charge in [-0.25, -0.2) is 0 Å². The molecule has 19 heavy (non-hydrogen) atoms. The summed E-state index contributed by atoms with van der Waals surface area (Å²) in [5.74, 6) is -0.642. The third kappa shape index (κ3) is 4.28. The molecule has 1 aromatic carbocycles. The number of esters is 1. The topological polar surface area (TPSA) is 81.4 Å². The van der Waals surface area contributed by atoms with Crippen molar-refractivity contribution in [1.82, 2.24) is 5.32 Å². The molecule has 3 N–H and O–H groups in total. The number of carbonyl (C=O) groups excluding carboxylic acids is 2. The van der Waals surface area contributed by atoms with Gasteiger partial charge in [-0.05, 0) is 37.5 Å². The number of anilines is 1. The molecule has 1 unspecified atom stereocenters. The molecule has 0 aliphatic heterocycles. The van der Waals surface area contributed by atoms with Crippen molar-refractivity contribution in [2.24, 2.45) is 0 Å². The molecule has 1 amide bonds. The van der Waals surface area contributed by atoms with Gasteiger partial charge in [0.25, 0.3) is 5.91 Å². The minimum atomic E-state index is -0.748. The molecule has 2 rings (SSSR count). The number of rotatable bonds is 5. The Hall–Kier alpha value is -2.04. The fourth-order valence-electron chi connectivity index (χ4n) is 1.64. The Labute approximate surface area is 112 Å². The third-order valence-corrected chi connectivity index (χ3v) is 2.93. The molecule has 1 saturated carbocycles. The number of nitrogens with one attached hydrogen (secondary N) is 1. The van der Waals surface area contributed by atoms with Crippen LogP contribution in [0.25, 0.3) is 0 Å². The molecule has 0 saturated heterocycles. The van der Waals surface area contributed by atoms with Gasteiger partial charge in [-0.15, -0.1) is 0 Å². The summed E-state index contributed by atoms with van der Waals surface area (Å²) in [6.45, 7) is 1.58. The van der Waals surface area contributed by atoms with E-state index in [9.17, 15) is 9.59 Å². The van der Waals surface area contributed by atoms with Crippen molar-refractivity contribution in [2.45, 2.75) is 38.3 Å². The molecule has 1 atom stereocenters. The van der Waals surface area contributed by atoms with E-state index in [0.29, 0.717) is 5.69 Å². The Morgan fingerprint density at radius 3 is 2.58 bits per heavy atom. The quantitative estimate of drug-likeness (QED) is 0.613. The number of carbonyl (C=O) groups is 2. The summed E-state index contributed by atoms with van der Waals surface area (Å²) in [5, 5.41) is 2.80. The lowest BCUT2D eigenvalue weighted by molar-refractivity contribution is -0.154. The van der Waals surface area contributed by atoms with Gasteiger partial charge in [-0.3, -0.25) is 9.59 Å². The zero-order valence-corrected chi connectivity index (χ0v) is 10.9. The van der Waals surface area contributed by atoms with Crippen molar-refractivity contribution in [3.63, 3.8) is 0 Å². The highest BCUT2D eigenvalue weighted by molar-refractivity contribution is 5.84. The largest absolute Gasteiger partial charge is 0.452 e. The molecule has 0 bridgehead atoms. The smallest absolute Gasteiger partial charge is 0.311 e. The lowest BCUT2D eigenvalue weighted by Gasteiger charge is -2.13. The van der Waals surface area contributed by atoms with Crippen LogP contribution in [0.2, 0.25) is 0 Å². The highest BCUT2D eigenvalue weighted by Crippen LogP contribution is 2.18. The molecule has 1 aliphatic rings. The zero-order chi connectivity index (χ0) is 13.8. The summed E-state index contributed by atoms with van der Waals surface area (Å²) in [6.07, 6.45) is 1.42. The Morgan fingerprint density at radius 2 is 2.00 bits per heavy atom. The Bertz CT molecular complexity index is 466. The van der Waals surface area contributed by atoms with Crippen molar-refractivity contribution in [3.8, 4) is 0 Å². The summed E-state index contributed by atoms with van der Waals surface area (Å²) in [5.41, 5.74) is 7.02. The highest BCUT2D eigenvalue weighted by Gasteiger charge is 2.27. The third-order valence-electron chi connectivity index (χ3n) is 2.93. The minimum Gasteiger partial charge on any atom is -0.452 e. The summed E-state index contributed by atoms with van der Waals surface area (Å²) < 4.78 is 5.09. The van der Waals surface area contributed by atoms with Crippen LogP contribution in [-0.4, -0.2) is 24.0 Å². The second-order valence-corrected chi connectivity index (χ2v) is 4.83. The normalized spacial score (nSPS) is 15.6. The van der Waals surface area contributed by atoms with Gasteiger partial charge >= 0.3 is 5.97 Å². The monoisotopic (exact) mass is 262 g/mol. The summed E-state index contributed by atoms with van der Waals surface area (Å²) in [4.78, 5) is 23.3. The summed E-state index contributed by atoms with van der Waals surface area (Å²) >= 11 is 0. The fourth-order valence-corrected chi connectivity index (χ4v) is 1.64. The van der Waals surface area contributed by atoms with Gasteiger partial charge in [-0.2, -0.15) is 0 Å². The molecule has 5 heteroatoms. The first-order valence-electron chi connectivity index (χ1n) is 6.39. The maximum absolute atomic E-state index is 11.7. The van der Waals surface area contributed by atoms with Gasteiger partial charge in [0.15, 0.2) is 6.10 Å².